The zero-order valence-electron chi connectivity index (χ0n) is 8.49. The first-order valence-corrected chi connectivity index (χ1v) is 4.41. The average molecular weight is 196 g/mol. The van der Waals surface area contributed by atoms with Crippen LogP contribution in [0.3, 0.4) is 0 Å². The summed E-state index contributed by atoms with van der Waals surface area (Å²) < 4.78 is 10.3. The highest BCUT2D eigenvalue weighted by atomic mass is 16.5. The Morgan fingerprint density at radius 3 is 2.64 bits per heavy atom. The molecule has 0 saturated heterocycles. The maximum atomic E-state index is 5.43. The summed E-state index contributed by atoms with van der Waals surface area (Å²) in [6.45, 7) is 0.511. The number of hydrogen-bond acceptors (Lipinski definition) is 4. The Morgan fingerprint density at radius 2 is 2.07 bits per heavy atom. The van der Waals surface area contributed by atoms with Gasteiger partial charge in [-0.2, -0.15) is 0 Å². The van der Waals surface area contributed by atoms with Gasteiger partial charge in [0, 0.05) is 12.7 Å². The minimum atomic E-state index is -0.0452. The second kappa shape index (κ2) is 5.59. The SMILES string of the molecule is COCC(NN)c1ccccc1OC. The lowest BCUT2D eigenvalue weighted by Crippen LogP contribution is -2.31. The van der Waals surface area contributed by atoms with E-state index in [0.29, 0.717) is 6.61 Å². The van der Waals surface area contributed by atoms with Gasteiger partial charge >= 0.3 is 0 Å². The van der Waals surface area contributed by atoms with Gasteiger partial charge in [-0.25, -0.2) is 0 Å². The van der Waals surface area contributed by atoms with E-state index in [4.69, 9.17) is 15.3 Å². The molecule has 1 rings (SSSR count). The van der Waals surface area contributed by atoms with Gasteiger partial charge in [0.25, 0.3) is 0 Å². The summed E-state index contributed by atoms with van der Waals surface area (Å²) in [5, 5.41) is 0. The Kier molecular flexibility index (Phi) is 4.39. The van der Waals surface area contributed by atoms with E-state index in [0.717, 1.165) is 11.3 Å². The molecule has 0 fully saturated rings. The molecule has 0 aliphatic rings. The first-order chi connectivity index (χ1) is 6.83. The van der Waals surface area contributed by atoms with Crippen molar-refractivity contribution in [2.75, 3.05) is 20.8 Å². The number of hydrogen-bond donors (Lipinski definition) is 2. The molecule has 1 aromatic rings. The summed E-state index contributed by atoms with van der Waals surface area (Å²) in [7, 11) is 3.28. The summed E-state index contributed by atoms with van der Waals surface area (Å²) in [6.07, 6.45) is 0. The zero-order valence-corrected chi connectivity index (χ0v) is 8.49. The largest absolute Gasteiger partial charge is 0.496 e. The van der Waals surface area contributed by atoms with E-state index in [1.165, 1.54) is 0 Å². The standard InChI is InChI=1S/C10H16N2O2/c1-13-7-9(12-11)8-5-3-4-6-10(8)14-2/h3-6,9,12H,7,11H2,1-2H3. The molecule has 0 bridgehead atoms. The van der Waals surface area contributed by atoms with Gasteiger partial charge < -0.3 is 9.47 Å². The van der Waals surface area contributed by atoms with Gasteiger partial charge in [0.15, 0.2) is 0 Å². The number of para-hydroxylation sites is 1. The normalized spacial score (nSPS) is 12.5. The fourth-order valence-corrected chi connectivity index (χ4v) is 1.35. The van der Waals surface area contributed by atoms with Crippen molar-refractivity contribution in [3.63, 3.8) is 0 Å². The Balaban J connectivity index is 2.90. The average Bonchev–Trinajstić information content (AvgIpc) is 2.26. The molecule has 0 spiro atoms. The van der Waals surface area contributed by atoms with Crippen molar-refractivity contribution in [2.24, 2.45) is 5.84 Å². The van der Waals surface area contributed by atoms with Crippen LogP contribution < -0.4 is 16.0 Å². The van der Waals surface area contributed by atoms with Gasteiger partial charge in [0.05, 0.1) is 19.8 Å². The van der Waals surface area contributed by atoms with Crippen LogP contribution in [0, 0.1) is 0 Å². The molecule has 0 radical (unpaired) electrons. The molecule has 0 aromatic heterocycles. The fraction of sp³-hybridized carbons (Fsp3) is 0.400. The smallest absolute Gasteiger partial charge is 0.123 e. The lowest BCUT2D eigenvalue weighted by Gasteiger charge is -2.17. The van der Waals surface area contributed by atoms with Gasteiger partial charge in [-0.15, -0.1) is 0 Å². The van der Waals surface area contributed by atoms with E-state index in [9.17, 15) is 0 Å². The molecule has 1 aromatic carbocycles. The van der Waals surface area contributed by atoms with Gasteiger partial charge in [0.2, 0.25) is 0 Å². The van der Waals surface area contributed by atoms with E-state index in [2.05, 4.69) is 5.43 Å². The molecule has 0 aliphatic carbocycles. The van der Waals surface area contributed by atoms with Crippen LogP contribution in [0.1, 0.15) is 11.6 Å². The van der Waals surface area contributed by atoms with Crippen molar-refractivity contribution in [3.05, 3.63) is 29.8 Å². The van der Waals surface area contributed by atoms with Gasteiger partial charge in [-0.05, 0) is 6.07 Å². The quantitative estimate of drug-likeness (QED) is 0.541. The zero-order chi connectivity index (χ0) is 10.4. The Morgan fingerprint density at radius 1 is 1.36 bits per heavy atom. The van der Waals surface area contributed by atoms with Gasteiger partial charge in [0.1, 0.15) is 5.75 Å². The molecular weight excluding hydrogens is 180 g/mol. The lowest BCUT2D eigenvalue weighted by atomic mass is 10.1. The van der Waals surface area contributed by atoms with E-state index in [1.54, 1.807) is 14.2 Å². The molecule has 0 saturated carbocycles. The van der Waals surface area contributed by atoms with Crippen molar-refractivity contribution in [1.82, 2.24) is 5.43 Å². The Hall–Kier alpha value is -1.10. The summed E-state index contributed by atoms with van der Waals surface area (Å²) in [5.74, 6) is 6.24. The van der Waals surface area contributed by atoms with Crippen LogP contribution in [0.5, 0.6) is 5.75 Å². The van der Waals surface area contributed by atoms with Crippen LogP contribution in [-0.4, -0.2) is 20.8 Å². The molecule has 78 valence electrons. The van der Waals surface area contributed by atoms with Crippen LogP contribution in [0.15, 0.2) is 24.3 Å². The molecule has 4 heteroatoms. The summed E-state index contributed by atoms with van der Waals surface area (Å²) in [4.78, 5) is 0. The topological polar surface area (TPSA) is 56.5 Å². The van der Waals surface area contributed by atoms with Crippen molar-refractivity contribution in [2.45, 2.75) is 6.04 Å². The number of ether oxygens (including phenoxy) is 2. The molecule has 0 amide bonds. The minimum Gasteiger partial charge on any atom is -0.496 e. The predicted octanol–water partition coefficient (Wildman–Crippen LogP) is 0.846. The van der Waals surface area contributed by atoms with Crippen LogP contribution in [0.2, 0.25) is 0 Å². The van der Waals surface area contributed by atoms with E-state index in [-0.39, 0.29) is 6.04 Å². The maximum Gasteiger partial charge on any atom is 0.123 e. The molecule has 0 aliphatic heterocycles. The van der Waals surface area contributed by atoms with E-state index < -0.39 is 0 Å². The summed E-state index contributed by atoms with van der Waals surface area (Å²) in [5.41, 5.74) is 3.69. The monoisotopic (exact) mass is 196 g/mol. The molecule has 3 N–H and O–H groups in total. The first kappa shape index (κ1) is 11.0. The van der Waals surface area contributed by atoms with Crippen LogP contribution in [0.4, 0.5) is 0 Å². The minimum absolute atomic E-state index is 0.0452. The number of nitrogens with one attached hydrogen (secondary N) is 1. The molecule has 1 atom stereocenters. The number of benzene rings is 1. The van der Waals surface area contributed by atoms with Gasteiger partial charge in [-0.3, -0.25) is 11.3 Å². The van der Waals surface area contributed by atoms with E-state index in [1.807, 2.05) is 24.3 Å². The van der Waals surface area contributed by atoms with Crippen LogP contribution >= 0.6 is 0 Å². The highest BCUT2D eigenvalue weighted by Crippen LogP contribution is 2.24. The van der Waals surface area contributed by atoms with Crippen molar-refractivity contribution < 1.29 is 9.47 Å². The fourth-order valence-electron chi connectivity index (χ4n) is 1.35. The summed E-state index contributed by atoms with van der Waals surface area (Å²) in [6, 6.07) is 7.68. The van der Waals surface area contributed by atoms with Crippen molar-refractivity contribution >= 4 is 0 Å². The third kappa shape index (κ3) is 2.45. The Labute approximate surface area is 84.0 Å². The molecular formula is C10H16N2O2. The predicted molar refractivity (Wildman–Crippen MR) is 54.9 cm³/mol. The number of nitrogens with two attached hydrogens (primary N) is 1. The van der Waals surface area contributed by atoms with Crippen molar-refractivity contribution in [1.29, 1.82) is 0 Å². The second-order valence-corrected chi connectivity index (χ2v) is 2.92. The van der Waals surface area contributed by atoms with Gasteiger partial charge in [-0.1, -0.05) is 18.2 Å². The third-order valence-electron chi connectivity index (χ3n) is 2.05. The lowest BCUT2D eigenvalue weighted by molar-refractivity contribution is 0.166. The number of methoxy groups -OCH3 is 2. The highest BCUT2D eigenvalue weighted by Gasteiger charge is 2.13. The number of rotatable bonds is 5. The second-order valence-electron chi connectivity index (χ2n) is 2.92. The first-order valence-electron chi connectivity index (χ1n) is 4.41. The third-order valence-corrected chi connectivity index (χ3v) is 2.05. The van der Waals surface area contributed by atoms with E-state index >= 15 is 0 Å². The molecule has 4 nitrogen and oxygen atoms in total. The Bertz CT molecular complexity index is 279. The maximum absolute atomic E-state index is 5.43. The van der Waals surface area contributed by atoms with Crippen LogP contribution in [-0.2, 0) is 4.74 Å². The highest BCUT2D eigenvalue weighted by molar-refractivity contribution is 5.35. The van der Waals surface area contributed by atoms with Crippen LogP contribution in [0.25, 0.3) is 0 Å². The summed E-state index contributed by atoms with van der Waals surface area (Å²) >= 11 is 0. The van der Waals surface area contributed by atoms with Crippen molar-refractivity contribution in [3.8, 4) is 5.75 Å². The molecule has 1 unspecified atom stereocenters. The molecule has 14 heavy (non-hydrogen) atoms. The number of hydrazine groups is 1. The molecule has 0 heterocycles.